The van der Waals surface area contributed by atoms with Gasteiger partial charge in [0.2, 0.25) is 0 Å². The monoisotopic (exact) mass is 294 g/mol. The van der Waals surface area contributed by atoms with Crippen molar-refractivity contribution in [3.05, 3.63) is 59.7 Å². The van der Waals surface area contributed by atoms with E-state index in [0.29, 0.717) is 32.7 Å². The van der Waals surface area contributed by atoms with Crippen LogP contribution in [0.25, 0.3) is 21.5 Å². The van der Waals surface area contributed by atoms with Crippen molar-refractivity contribution in [2.24, 2.45) is 11.7 Å². The molecular weight excluding hydrogens is 280 g/mol. The molecule has 6 nitrogen and oxygen atoms in total. The maximum absolute atomic E-state index is 12.2. The number of hydrazine groups is 2. The summed E-state index contributed by atoms with van der Waals surface area (Å²) in [5.74, 6) is 9.80. The van der Waals surface area contributed by atoms with Crippen molar-refractivity contribution >= 4 is 33.4 Å². The zero-order valence-electron chi connectivity index (χ0n) is 11.6. The number of carbonyl (C=O) groups is 2. The minimum atomic E-state index is -0.410. The van der Waals surface area contributed by atoms with Gasteiger partial charge >= 0.3 is 0 Å². The molecule has 0 aromatic heterocycles. The van der Waals surface area contributed by atoms with E-state index < -0.39 is 11.8 Å². The van der Waals surface area contributed by atoms with Crippen molar-refractivity contribution in [1.82, 2.24) is 10.9 Å². The van der Waals surface area contributed by atoms with Crippen molar-refractivity contribution in [2.45, 2.75) is 0 Å². The second-order valence-corrected chi connectivity index (χ2v) is 4.79. The average Bonchev–Trinajstić information content (AvgIpc) is 2.58. The molecular formula is C16H14N4O2. The van der Waals surface area contributed by atoms with Crippen LogP contribution in [0.2, 0.25) is 0 Å². The van der Waals surface area contributed by atoms with Crippen LogP contribution < -0.4 is 22.5 Å². The summed E-state index contributed by atoms with van der Waals surface area (Å²) < 4.78 is 0. The molecule has 2 amide bonds. The van der Waals surface area contributed by atoms with E-state index in [1.54, 1.807) is 48.5 Å². The molecule has 0 fully saturated rings. The van der Waals surface area contributed by atoms with Crippen molar-refractivity contribution < 1.29 is 9.59 Å². The second-order valence-electron chi connectivity index (χ2n) is 4.79. The molecule has 0 saturated heterocycles. The van der Waals surface area contributed by atoms with E-state index in [-0.39, 0.29) is 0 Å². The predicted octanol–water partition coefficient (Wildman–Crippen LogP) is 1.20. The lowest BCUT2D eigenvalue weighted by Crippen LogP contribution is -2.32. The molecule has 0 heterocycles. The molecule has 110 valence electrons. The highest BCUT2D eigenvalue weighted by Crippen LogP contribution is 2.32. The van der Waals surface area contributed by atoms with Gasteiger partial charge in [0.1, 0.15) is 0 Å². The summed E-state index contributed by atoms with van der Waals surface area (Å²) in [6.45, 7) is 0. The Morgan fingerprint density at radius 3 is 1.14 bits per heavy atom. The smallest absolute Gasteiger partial charge is 0.266 e. The molecule has 0 aliphatic heterocycles. The van der Waals surface area contributed by atoms with E-state index in [2.05, 4.69) is 10.9 Å². The van der Waals surface area contributed by atoms with Crippen LogP contribution >= 0.6 is 0 Å². The molecule has 6 N–H and O–H groups in total. The number of rotatable bonds is 2. The SMILES string of the molecule is NNC(=O)c1c2ccccc2c(C(=O)NN)c2ccccc12. The number of fused-ring (bicyclic) bond motifs is 2. The minimum Gasteiger partial charge on any atom is -0.290 e. The van der Waals surface area contributed by atoms with Crippen molar-refractivity contribution in [3.63, 3.8) is 0 Å². The Morgan fingerprint density at radius 2 is 0.909 bits per heavy atom. The van der Waals surface area contributed by atoms with Crippen LogP contribution in [0, 0.1) is 0 Å². The molecule has 0 bridgehead atoms. The topological polar surface area (TPSA) is 110 Å². The fourth-order valence-corrected chi connectivity index (χ4v) is 2.76. The third kappa shape index (κ3) is 1.98. The summed E-state index contributed by atoms with van der Waals surface area (Å²) >= 11 is 0. The average molecular weight is 294 g/mol. The number of nitrogen functional groups attached to an aromatic ring is 2. The quantitative estimate of drug-likeness (QED) is 0.246. The molecule has 0 spiro atoms. The van der Waals surface area contributed by atoms with Gasteiger partial charge < -0.3 is 0 Å². The van der Waals surface area contributed by atoms with Gasteiger partial charge in [-0.25, -0.2) is 11.7 Å². The van der Waals surface area contributed by atoms with Crippen molar-refractivity contribution in [1.29, 1.82) is 0 Å². The fraction of sp³-hybridized carbons (Fsp3) is 0. The van der Waals surface area contributed by atoms with Crippen molar-refractivity contribution in [2.75, 3.05) is 0 Å². The van der Waals surface area contributed by atoms with E-state index in [4.69, 9.17) is 11.7 Å². The summed E-state index contributed by atoms with van der Waals surface area (Å²) in [6, 6.07) is 14.3. The van der Waals surface area contributed by atoms with Gasteiger partial charge in [-0.2, -0.15) is 0 Å². The van der Waals surface area contributed by atoms with Crippen molar-refractivity contribution in [3.8, 4) is 0 Å². The number of benzene rings is 3. The molecule has 0 aliphatic carbocycles. The molecule has 3 rings (SSSR count). The molecule has 3 aromatic rings. The van der Waals surface area contributed by atoms with Gasteiger partial charge in [-0.05, 0) is 21.5 Å². The summed E-state index contributed by atoms with van der Waals surface area (Å²) in [7, 11) is 0. The molecule has 0 radical (unpaired) electrons. The van der Waals surface area contributed by atoms with Crippen LogP contribution in [0.3, 0.4) is 0 Å². The third-order valence-electron chi connectivity index (χ3n) is 3.65. The van der Waals surface area contributed by atoms with Gasteiger partial charge in [0.05, 0.1) is 11.1 Å². The predicted molar refractivity (Wildman–Crippen MR) is 84.8 cm³/mol. The third-order valence-corrected chi connectivity index (χ3v) is 3.65. The fourth-order valence-electron chi connectivity index (χ4n) is 2.76. The van der Waals surface area contributed by atoms with E-state index in [1.807, 2.05) is 0 Å². The molecule has 22 heavy (non-hydrogen) atoms. The summed E-state index contributed by atoms with van der Waals surface area (Å²) in [5.41, 5.74) is 5.19. The maximum Gasteiger partial charge on any atom is 0.266 e. The van der Waals surface area contributed by atoms with Crippen LogP contribution in [-0.4, -0.2) is 11.8 Å². The Bertz CT molecular complexity index is 774. The molecule has 3 aromatic carbocycles. The van der Waals surface area contributed by atoms with Crippen LogP contribution in [0.4, 0.5) is 0 Å². The molecule has 0 atom stereocenters. The maximum atomic E-state index is 12.2. The summed E-state index contributed by atoms with van der Waals surface area (Å²) in [6.07, 6.45) is 0. The minimum absolute atomic E-state index is 0.410. The lowest BCUT2D eigenvalue weighted by atomic mass is 9.91. The van der Waals surface area contributed by atoms with Crippen LogP contribution in [-0.2, 0) is 0 Å². The van der Waals surface area contributed by atoms with Gasteiger partial charge in [0.25, 0.3) is 11.8 Å². The van der Waals surface area contributed by atoms with Crippen LogP contribution in [0.5, 0.6) is 0 Å². The van der Waals surface area contributed by atoms with Gasteiger partial charge in [0, 0.05) is 0 Å². The Labute approximate surface area is 126 Å². The first-order chi connectivity index (χ1) is 10.7. The first-order valence-electron chi connectivity index (χ1n) is 6.64. The van der Waals surface area contributed by atoms with Gasteiger partial charge in [0.15, 0.2) is 0 Å². The first kappa shape index (κ1) is 14.0. The van der Waals surface area contributed by atoms with E-state index in [1.165, 1.54) is 0 Å². The number of hydrogen-bond donors (Lipinski definition) is 4. The Balaban J connectivity index is 2.59. The lowest BCUT2D eigenvalue weighted by molar-refractivity contribution is 0.0946. The number of nitrogens with one attached hydrogen (secondary N) is 2. The Morgan fingerprint density at radius 1 is 0.636 bits per heavy atom. The molecule has 0 unspecified atom stereocenters. The van der Waals surface area contributed by atoms with Gasteiger partial charge in [-0.15, -0.1) is 0 Å². The highest BCUT2D eigenvalue weighted by Gasteiger charge is 2.20. The standard InChI is InChI=1S/C16H14N4O2/c17-19-15(21)13-9-5-1-2-6-10(9)14(16(22)20-18)12-8-4-3-7-11(12)13/h1-8H,17-18H2,(H,19,21)(H,20,22). The Hall–Kier alpha value is -2.96. The second kappa shape index (κ2) is 5.44. The van der Waals surface area contributed by atoms with Crippen LogP contribution in [0.15, 0.2) is 48.5 Å². The van der Waals surface area contributed by atoms with Gasteiger partial charge in [-0.3, -0.25) is 20.4 Å². The highest BCUT2D eigenvalue weighted by molar-refractivity contribution is 6.26. The van der Waals surface area contributed by atoms with Gasteiger partial charge in [-0.1, -0.05) is 48.5 Å². The van der Waals surface area contributed by atoms with E-state index >= 15 is 0 Å². The highest BCUT2D eigenvalue weighted by atomic mass is 16.2. The summed E-state index contributed by atoms with van der Waals surface area (Å²) in [4.78, 5) is 24.5. The molecule has 0 aliphatic rings. The molecule has 0 saturated carbocycles. The largest absolute Gasteiger partial charge is 0.290 e. The first-order valence-corrected chi connectivity index (χ1v) is 6.64. The zero-order chi connectivity index (χ0) is 15.7. The zero-order valence-corrected chi connectivity index (χ0v) is 11.6. The molecule has 6 heteroatoms. The summed E-state index contributed by atoms with van der Waals surface area (Å²) in [5, 5.41) is 2.57. The Kier molecular flexibility index (Phi) is 3.46. The number of carbonyl (C=O) groups excluding carboxylic acids is 2. The number of amides is 2. The number of nitrogens with two attached hydrogens (primary N) is 2. The lowest BCUT2D eigenvalue weighted by Gasteiger charge is -2.14. The van der Waals surface area contributed by atoms with Crippen LogP contribution in [0.1, 0.15) is 20.7 Å². The van der Waals surface area contributed by atoms with E-state index in [0.717, 1.165) is 0 Å². The number of hydrogen-bond acceptors (Lipinski definition) is 4. The van der Waals surface area contributed by atoms with E-state index in [9.17, 15) is 9.59 Å². The normalized spacial score (nSPS) is 10.6.